The smallest absolute Gasteiger partial charge is 0.315 e. The third-order valence-corrected chi connectivity index (χ3v) is 4.27. The molecule has 1 aromatic carbocycles. The van der Waals surface area contributed by atoms with Crippen LogP contribution in [-0.4, -0.2) is 30.6 Å². The van der Waals surface area contributed by atoms with E-state index in [1.54, 1.807) is 4.90 Å². The summed E-state index contributed by atoms with van der Waals surface area (Å²) in [7, 11) is 0. The predicted molar refractivity (Wildman–Crippen MR) is 81.1 cm³/mol. The molecule has 1 aromatic rings. The van der Waals surface area contributed by atoms with E-state index in [2.05, 4.69) is 10.6 Å². The fraction of sp³-hybridized carbons (Fsp3) is 0.500. The minimum absolute atomic E-state index is 0.0252. The van der Waals surface area contributed by atoms with E-state index >= 15 is 0 Å². The molecular formula is C16H21N3O2. The van der Waals surface area contributed by atoms with Crippen LogP contribution >= 0.6 is 0 Å². The van der Waals surface area contributed by atoms with Crippen molar-refractivity contribution in [2.75, 3.05) is 11.4 Å². The highest BCUT2D eigenvalue weighted by Gasteiger charge is 2.33. The standard InChI is InChI=1S/C16H21N3O2/c20-15-14(18-16(21)17-12-6-4-5-7-12)10-11-19(15)13-8-2-1-3-9-13/h1-3,8-9,12,14H,4-7,10-11H2,(H2,17,18,21). The van der Waals surface area contributed by atoms with E-state index < -0.39 is 6.04 Å². The van der Waals surface area contributed by atoms with Crippen molar-refractivity contribution in [3.05, 3.63) is 30.3 Å². The molecule has 1 atom stereocenters. The second-order valence-electron chi connectivity index (χ2n) is 5.77. The second-order valence-corrected chi connectivity index (χ2v) is 5.77. The molecule has 3 amide bonds. The first-order valence-corrected chi connectivity index (χ1v) is 7.67. The van der Waals surface area contributed by atoms with E-state index in [9.17, 15) is 9.59 Å². The molecule has 1 saturated carbocycles. The fourth-order valence-corrected chi connectivity index (χ4v) is 3.13. The zero-order chi connectivity index (χ0) is 14.7. The Labute approximate surface area is 124 Å². The molecule has 1 saturated heterocycles. The number of anilines is 1. The molecule has 0 bridgehead atoms. The first kappa shape index (κ1) is 13.9. The average molecular weight is 287 g/mol. The van der Waals surface area contributed by atoms with Gasteiger partial charge in [-0.15, -0.1) is 0 Å². The molecule has 1 aliphatic heterocycles. The van der Waals surface area contributed by atoms with E-state index in [0.717, 1.165) is 18.5 Å². The van der Waals surface area contributed by atoms with Crippen molar-refractivity contribution in [3.8, 4) is 0 Å². The van der Waals surface area contributed by atoms with Gasteiger partial charge in [-0.2, -0.15) is 0 Å². The van der Waals surface area contributed by atoms with Crippen molar-refractivity contribution < 1.29 is 9.59 Å². The summed E-state index contributed by atoms with van der Waals surface area (Å²) in [4.78, 5) is 26.0. The lowest BCUT2D eigenvalue weighted by molar-refractivity contribution is -0.118. The van der Waals surface area contributed by atoms with Gasteiger partial charge in [0.25, 0.3) is 0 Å². The van der Waals surface area contributed by atoms with Crippen LogP contribution in [0.2, 0.25) is 0 Å². The quantitative estimate of drug-likeness (QED) is 0.893. The number of para-hydroxylation sites is 1. The SMILES string of the molecule is O=C(NC1CCCC1)NC1CCN(c2ccccc2)C1=O. The van der Waals surface area contributed by atoms with Gasteiger partial charge in [0.05, 0.1) is 0 Å². The molecule has 5 nitrogen and oxygen atoms in total. The molecule has 0 aromatic heterocycles. The van der Waals surface area contributed by atoms with Gasteiger partial charge in [0.15, 0.2) is 0 Å². The van der Waals surface area contributed by atoms with Crippen LogP contribution in [-0.2, 0) is 4.79 Å². The fourth-order valence-electron chi connectivity index (χ4n) is 3.13. The van der Waals surface area contributed by atoms with Crippen LogP contribution < -0.4 is 15.5 Å². The Morgan fingerprint density at radius 1 is 1.05 bits per heavy atom. The highest BCUT2D eigenvalue weighted by molar-refractivity contribution is 6.01. The molecule has 1 unspecified atom stereocenters. The number of carbonyl (C=O) groups excluding carboxylic acids is 2. The van der Waals surface area contributed by atoms with E-state index in [0.29, 0.717) is 13.0 Å². The lowest BCUT2D eigenvalue weighted by Crippen LogP contribution is -2.48. The van der Waals surface area contributed by atoms with Crippen LogP contribution in [0.4, 0.5) is 10.5 Å². The third kappa shape index (κ3) is 3.17. The monoisotopic (exact) mass is 287 g/mol. The lowest BCUT2D eigenvalue weighted by atomic mass is 10.2. The van der Waals surface area contributed by atoms with Crippen LogP contribution in [0.15, 0.2) is 30.3 Å². The second kappa shape index (κ2) is 6.16. The van der Waals surface area contributed by atoms with Gasteiger partial charge in [-0.25, -0.2) is 4.79 Å². The van der Waals surface area contributed by atoms with Crippen molar-refractivity contribution in [3.63, 3.8) is 0 Å². The molecule has 2 N–H and O–H groups in total. The third-order valence-electron chi connectivity index (χ3n) is 4.27. The molecule has 2 fully saturated rings. The number of benzene rings is 1. The summed E-state index contributed by atoms with van der Waals surface area (Å²) >= 11 is 0. The van der Waals surface area contributed by atoms with Crippen molar-refractivity contribution >= 4 is 17.6 Å². The molecule has 0 radical (unpaired) electrons. The summed E-state index contributed by atoms with van der Waals surface area (Å²) < 4.78 is 0. The highest BCUT2D eigenvalue weighted by atomic mass is 16.2. The maximum absolute atomic E-state index is 12.4. The summed E-state index contributed by atoms with van der Waals surface area (Å²) in [5.41, 5.74) is 0.892. The largest absolute Gasteiger partial charge is 0.335 e. The molecule has 0 spiro atoms. The zero-order valence-electron chi connectivity index (χ0n) is 12.0. The van der Waals surface area contributed by atoms with Gasteiger partial charge in [0, 0.05) is 18.3 Å². The molecule has 21 heavy (non-hydrogen) atoms. The maximum atomic E-state index is 12.4. The van der Waals surface area contributed by atoms with Gasteiger partial charge in [-0.3, -0.25) is 4.79 Å². The van der Waals surface area contributed by atoms with Gasteiger partial charge in [0.1, 0.15) is 6.04 Å². The van der Waals surface area contributed by atoms with Crippen molar-refractivity contribution in [1.82, 2.24) is 10.6 Å². The zero-order valence-corrected chi connectivity index (χ0v) is 12.0. The van der Waals surface area contributed by atoms with Gasteiger partial charge in [-0.05, 0) is 31.4 Å². The molecule has 112 valence electrons. The Morgan fingerprint density at radius 3 is 2.48 bits per heavy atom. The van der Waals surface area contributed by atoms with Gasteiger partial charge in [-0.1, -0.05) is 31.0 Å². The van der Waals surface area contributed by atoms with Crippen molar-refractivity contribution in [2.45, 2.75) is 44.2 Å². The van der Waals surface area contributed by atoms with Crippen molar-refractivity contribution in [1.29, 1.82) is 0 Å². The maximum Gasteiger partial charge on any atom is 0.315 e. The van der Waals surface area contributed by atoms with Crippen LogP contribution in [0.1, 0.15) is 32.1 Å². The first-order chi connectivity index (χ1) is 10.2. The Kier molecular flexibility index (Phi) is 4.08. The topological polar surface area (TPSA) is 61.4 Å². The van der Waals surface area contributed by atoms with Crippen LogP contribution in [0.5, 0.6) is 0 Å². The summed E-state index contributed by atoms with van der Waals surface area (Å²) in [5.74, 6) is -0.0252. The number of amides is 3. The number of hydrogen-bond acceptors (Lipinski definition) is 2. The molecule has 5 heteroatoms. The molecule has 1 aliphatic carbocycles. The van der Waals surface area contributed by atoms with Crippen LogP contribution in [0.25, 0.3) is 0 Å². The number of rotatable bonds is 3. The Morgan fingerprint density at radius 2 is 1.76 bits per heavy atom. The molecular weight excluding hydrogens is 266 g/mol. The Hall–Kier alpha value is -2.04. The van der Waals surface area contributed by atoms with E-state index in [4.69, 9.17) is 0 Å². The summed E-state index contributed by atoms with van der Waals surface area (Å²) in [6, 6.07) is 9.23. The molecule has 2 aliphatic rings. The number of nitrogens with one attached hydrogen (secondary N) is 2. The Bertz CT molecular complexity index is 512. The summed E-state index contributed by atoms with van der Waals surface area (Å²) in [6.45, 7) is 0.650. The van der Waals surface area contributed by atoms with E-state index in [-0.39, 0.29) is 18.0 Å². The van der Waals surface area contributed by atoms with Crippen LogP contribution in [0, 0.1) is 0 Å². The molecule has 1 heterocycles. The highest BCUT2D eigenvalue weighted by Crippen LogP contribution is 2.21. The predicted octanol–water partition coefficient (Wildman–Crippen LogP) is 2.03. The minimum Gasteiger partial charge on any atom is -0.335 e. The normalized spacial score (nSPS) is 22.6. The summed E-state index contributed by atoms with van der Waals surface area (Å²) in [5, 5.41) is 5.77. The molecule has 3 rings (SSSR count). The van der Waals surface area contributed by atoms with E-state index in [1.807, 2.05) is 30.3 Å². The van der Waals surface area contributed by atoms with Gasteiger partial charge in [0.2, 0.25) is 5.91 Å². The average Bonchev–Trinajstić information content (AvgIpc) is 3.11. The number of nitrogens with zero attached hydrogens (tertiary/aromatic N) is 1. The Balaban J connectivity index is 1.55. The van der Waals surface area contributed by atoms with Crippen molar-refractivity contribution in [2.24, 2.45) is 0 Å². The lowest BCUT2D eigenvalue weighted by Gasteiger charge is -2.18. The number of urea groups is 1. The summed E-state index contributed by atoms with van der Waals surface area (Å²) in [6.07, 6.45) is 5.10. The van der Waals surface area contributed by atoms with Gasteiger partial charge < -0.3 is 15.5 Å². The first-order valence-electron chi connectivity index (χ1n) is 7.67. The van der Waals surface area contributed by atoms with Crippen LogP contribution in [0.3, 0.4) is 0 Å². The van der Waals surface area contributed by atoms with Gasteiger partial charge >= 0.3 is 6.03 Å². The minimum atomic E-state index is -0.411. The number of hydrogen-bond donors (Lipinski definition) is 2. The number of carbonyl (C=O) groups is 2. The van der Waals surface area contributed by atoms with E-state index in [1.165, 1.54) is 12.8 Å².